The van der Waals surface area contributed by atoms with Gasteiger partial charge < -0.3 is 4.40 Å². The topological polar surface area (TPSA) is 34.4 Å². The highest BCUT2D eigenvalue weighted by Crippen LogP contribution is 2.16. The SMILES string of the molecule is CCCCCCC(=O)c1cc(C)cn2cncc12. The van der Waals surface area contributed by atoms with E-state index in [0.717, 1.165) is 29.5 Å². The third-order valence-corrected chi connectivity index (χ3v) is 3.21. The van der Waals surface area contributed by atoms with Crippen LogP contribution in [0.5, 0.6) is 0 Å². The number of imidazole rings is 1. The molecule has 0 saturated heterocycles. The lowest BCUT2D eigenvalue weighted by Gasteiger charge is -2.05. The van der Waals surface area contributed by atoms with Gasteiger partial charge in [-0.15, -0.1) is 0 Å². The average molecular weight is 244 g/mol. The lowest BCUT2D eigenvalue weighted by molar-refractivity contribution is 0.0980. The van der Waals surface area contributed by atoms with E-state index in [9.17, 15) is 4.79 Å². The van der Waals surface area contributed by atoms with Crippen LogP contribution in [0.4, 0.5) is 0 Å². The number of rotatable bonds is 6. The molecule has 2 rings (SSSR count). The number of aromatic nitrogens is 2. The van der Waals surface area contributed by atoms with E-state index in [4.69, 9.17) is 0 Å². The molecule has 0 aliphatic heterocycles. The van der Waals surface area contributed by atoms with Crippen LogP contribution in [0.15, 0.2) is 24.8 Å². The number of hydrogen-bond donors (Lipinski definition) is 0. The van der Waals surface area contributed by atoms with E-state index in [1.165, 1.54) is 12.8 Å². The first-order valence-corrected chi connectivity index (χ1v) is 6.68. The smallest absolute Gasteiger partial charge is 0.165 e. The molecule has 3 heteroatoms. The normalized spacial score (nSPS) is 11.0. The summed E-state index contributed by atoms with van der Waals surface area (Å²) in [4.78, 5) is 16.3. The molecule has 0 N–H and O–H groups in total. The standard InChI is InChI=1S/C15H20N2O/c1-3-4-5-6-7-15(18)13-8-12(2)10-17-11-16-9-14(13)17/h8-11H,3-7H2,1-2H3. The number of nitrogens with zero attached hydrogens (tertiary/aromatic N) is 2. The fraction of sp³-hybridized carbons (Fsp3) is 0.467. The third-order valence-electron chi connectivity index (χ3n) is 3.21. The Balaban J connectivity index is 2.14. The fourth-order valence-corrected chi connectivity index (χ4v) is 2.24. The number of aryl methyl sites for hydroxylation is 1. The Morgan fingerprint density at radius 1 is 1.33 bits per heavy atom. The summed E-state index contributed by atoms with van der Waals surface area (Å²) >= 11 is 0. The highest BCUT2D eigenvalue weighted by atomic mass is 16.1. The van der Waals surface area contributed by atoms with Crippen molar-refractivity contribution in [1.29, 1.82) is 0 Å². The highest BCUT2D eigenvalue weighted by Gasteiger charge is 2.11. The van der Waals surface area contributed by atoms with Crippen molar-refractivity contribution >= 4 is 11.3 Å². The zero-order valence-electron chi connectivity index (χ0n) is 11.1. The van der Waals surface area contributed by atoms with Crippen LogP contribution in [0.25, 0.3) is 5.52 Å². The lowest BCUT2D eigenvalue weighted by Crippen LogP contribution is -2.02. The molecule has 2 aromatic heterocycles. The molecule has 0 aliphatic carbocycles. The van der Waals surface area contributed by atoms with E-state index in [2.05, 4.69) is 11.9 Å². The monoisotopic (exact) mass is 244 g/mol. The van der Waals surface area contributed by atoms with Crippen molar-refractivity contribution in [2.24, 2.45) is 0 Å². The molecule has 0 atom stereocenters. The minimum Gasteiger partial charge on any atom is -0.305 e. The van der Waals surface area contributed by atoms with E-state index in [-0.39, 0.29) is 5.78 Å². The van der Waals surface area contributed by atoms with Crippen molar-refractivity contribution in [2.45, 2.75) is 46.0 Å². The number of carbonyl (C=O) groups is 1. The van der Waals surface area contributed by atoms with E-state index in [1.807, 2.05) is 23.6 Å². The largest absolute Gasteiger partial charge is 0.305 e. The van der Waals surface area contributed by atoms with E-state index >= 15 is 0 Å². The highest BCUT2D eigenvalue weighted by molar-refractivity contribution is 6.02. The Morgan fingerprint density at radius 3 is 2.94 bits per heavy atom. The summed E-state index contributed by atoms with van der Waals surface area (Å²) in [6.45, 7) is 4.19. The quantitative estimate of drug-likeness (QED) is 0.572. The molecule has 0 radical (unpaired) electrons. The summed E-state index contributed by atoms with van der Waals surface area (Å²) in [6.07, 6.45) is 10.7. The molecule has 0 fully saturated rings. The predicted molar refractivity (Wildman–Crippen MR) is 73.0 cm³/mol. The second kappa shape index (κ2) is 5.80. The molecule has 0 amide bonds. The Bertz CT molecular complexity index is 542. The summed E-state index contributed by atoms with van der Waals surface area (Å²) < 4.78 is 1.93. The van der Waals surface area contributed by atoms with Gasteiger partial charge in [0.1, 0.15) is 0 Å². The summed E-state index contributed by atoms with van der Waals surface area (Å²) in [5, 5.41) is 0. The van der Waals surface area contributed by atoms with Gasteiger partial charge in [-0.05, 0) is 25.0 Å². The van der Waals surface area contributed by atoms with Crippen molar-refractivity contribution in [2.75, 3.05) is 0 Å². The first-order chi connectivity index (χ1) is 8.72. The maximum atomic E-state index is 12.2. The van der Waals surface area contributed by atoms with Crippen LogP contribution in [0, 0.1) is 6.92 Å². The number of hydrogen-bond acceptors (Lipinski definition) is 2. The molecule has 2 heterocycles. The number of carbonyl (C=O) groups excluding carboxylic acids is 1. The van der Waals surface area contributed by atoms with Gasteiger partial charge in [0.2, 0.25) is 0 Å². The van der Waals surface area contributed by atoms with Gasteiger partial charge in [-0.1, -0.05) is 26.2 Å². The summed E-state index contributed by atoms with van der Waals surface area (Å²) in [5.74, 6) is 0.236. The van der Waals surface area contributed by atoms with Crippen LogP contribution in [-0.4, -0.2) is 15.2 Å². The van der Waals surface area contributed by atoms with Crippen LogP contribution in [0.3, 0.4) is 0 Å². The van der Waals surface area contributed by atoms with E-state index < -0.39 is 0 Å². The van der Waals surface area contributed by atoms with Gasteiger partial charge in [-0.3, -0.25) is 4.79 Å². The molecule has 0 spiro atoms. The van der Waals surface area contributed by atoms with E-state index in [0.29, 0.717) is 6.42 Å². The molecule has 0 saturated carbocycles. The summed E-state index contributed by atoms with van der Waals surface area (Å²) in [5.41, 5.74) is 2.82. The second-order valence-electron chi connectivity index (χ2n) is 4.85. The number of Topliss-reactive ketones (excluding diaryl/α,β-unsaturated/α-hetero) is 1. The van der Waals surface area contributed by atoms with E-state index in [1.54, 1.807) is 12.5 Å². The number of fused-ring (bicyclic) bond motifs is 1. The average Bonchev–Trinajstić information content (AvgIpc) is 2.81. The number of pyridine rings is 1. The Labute approximate surface area is 108 Å². The molecule has 0 aromatic carbocycles. The minimum absolute atomic E-state index is 0.236. The minimum atomic E-state index is 0.236. The van der Waals surface area contributed by atoms with Gasteiger partial charge in [-0.2, -0.15) is 0 Å². The molecule has 3 nitrogen and oxygen atoms in total. The Morgan fingerprint density at radius 2 is 2.17 bits per heavy atom. The van der Waals surface area contributed by atoms with Gasteiger partial charge in [-0.25, -0.2) is 4.98 Å². The molecular formula is C15H20N2O. The third kappa shape index (κ3) is 2.78. The first-order valence-electron chi connectivity index (χ1n) is 6.68. The number of ketones is 1. The van der Waals surface area contributed by atoms with Gasteiger partial charge >= 0.3 is 0 Å². The van der Waals surface area contributed by atoms with Crippen molar-refractivity contribution < 1.29 is 4.79 Å². The molecule has 0 aliphatic rings. The molecule has 96 valence electrons. The second-order valence-corrected chi connectivity index (χ2v) is 4.85. The summed E-state index contributed by atoms with van der Waals surface area (Å²) in [7, 11) is 0. The van der Waals surface area contributed by atoms with Crippen molar-refractivity contribution in [1.82, 2.24) is 9.38 Å². The van der Waals surface area contributed by atoms with Gasteiger partial charge in [0, 0.05) is 18.2 Å². The lowest BCUT2D eigenvalue weighted by atomic mass is 10.0. The molecule has 18 heavy (non-hydrogen) atoms. The van der Waals surface area contributed by atoms with Crippen molar-refractivity contribution in [3.8, 4) is 0 Å². The van der Waals surface area contributed by atoms with Crippen LogP contribution < -0.4 is 0 Å². The molecular weight excluding hydrogens is 224 g/mol. The number of unbranched alkanes of at least 4 members (excludes halogenated alkanes) is 3. The van der Waals surface area contributed by atoms with Crippen LogP contribution >= 0.6 is 0 Å². The van der Waals surface area contributed by atoms with Crippen molar-refractivity contribution in [3.63, 3.8) is 0 Å². The summed E-state index contributed by atoms with van der Waals surface area (Å²) in [6, 6.07) is 1.97. The Hall–Kier alpha value is -1.64. The van der Waals surface area contributed by atoms with Gasteiger partial charge in [0.15, 0.2) is 5.78 Å². The zero-order chi connectivity index (χ0) is 13.0. The van der Waals surface area contributed by atoms with Crippen LogP contribution in [0.2, 0.25) is 0 Å². The predicted octanol–water partition coefficient (Wildman–Crippen LogP) is 3.80. The van der Waals surface area contributed by atoms with Crippen molar-refractivity contribution in [3.05, 3.63) is 35.9 Å². The fourth-order valence-electron chi connectivity index (χ4n) is 2.24. The molecule has 0 bridgehead atoms. The molecule has 2 aromatic rings. The maximum absolute atomic E-state index is 12.2. The Kier molecular flexibility index (Phi) is 4.13. The first kappa shape index (κ1) is 12.8. The van der Waals surface area contributed by atoms with Gasteiger partial charge in [0.05, 0.1) is 18.0 Å². The molecule has 0 unspecified atom stereocenters. The van der Waals surface area contributed by atoms with Crippen LogP contribution in [-0.2, 0) is 0 Å². The zero-order valence-corrected chi connectivity index (χ0v) is 11.1. The maximum Gasteiger partial charge on any atom is 0.165 e. The van der Waals surface area contributed by atoms with Gasteiger partial charge in [0.25, 0.3) is 0 Å². The van der Waals surface area contributed by atoms with Crippen LogP contribution in [0.1, 0.15) is 54.9 Å².